The third-order valence-corrected chi connectivity index (χ3v) is 8.48. The van der Waals surface area contributed by atoms with Gasteiger partial charge in [0, 0.05) is 55.5 Å². The van der Waals surface area contributed by atoms with E-state index in [1.807, 2.05) is 35.2 Å². The summed E-state index contributed by atoms with van der Waals surface area (Å²) in [4.78, 5) is 45.6. The average Bonchev–Trinajstić information content (AvgIpc) is 3.06. The van der Waals surface area contributed by atoms with Crippen LogP contribution in [0.25, 0.3) is 0 Å². The third kappa shape index (κ3) is 7.03. The van der Waals surface area contributed by atoms with Crippen LogP contribution < -0.4 is 9.64 Å². The Balaban J connectivity index is 1.32. The molecule has 0 aromatic heterocycles. The predicted molar refractivity (Wildman–Crippen MR) is 166 cm³/mol. The third-order valence-electron chi connectivity index (χ3n) is 8.48. The first-order chi connectivity index (χ1) is 22.0. The fraction of sp³-hybridized carbons (Fsp3) is 0.343. The maximum atomic E-state index is 13.5. The summed E-state index contributed by atoms with van der Waals surface area (Å²) in [6.07, 6.45) is -4.62. The number of hydrogen-bond donors (Lipinski definition) is 0. The Morgan fingerprint density at radius 3 is 2.22 bits per heavy atom. The van der Waals surface area contributed by atoms with E-state index in [-0.39, 0.29) is 37.0 Å². The highest BCUT2D eigenvalue weighted by Gasteiger charge is 2.38. The lowest BCUT2D eigenvalue weighted by atomic mass is 9.83. The molecule has 0 spiro atoms. The summed E-state index contributed by atoms with van der Waals surface area (Å²) in [6.45, 7) is 5.97. The van der Waals surface area contributed by atoms with Crippen LogP contribution in [0.15, 0.2) is 84.1 Å². The molecule has 46 heavy (non-hydrogen) atoms. The predicted octanol–water partition coefficient (Wildman–Crippen LogP) is 6.03. The summed E-state index contributed by atoms with van der Waals surface area (Å²) < 4.78 is 50.0. The highest BCUT2D eigenvalue weighted by atomic mass is 19.4. The molecule has 11 heteroatoms. The van der Waals surface area contributed by atoms with Gasteiger partial charge in [-0.2, -0.15) is 13.2 Å². The summed E-state index contributed by atoms with van der Waals surface area (Å²) in [5.74, 6) is -0.995. The van der Waals surface area contributed by atoms with Gasteiger partial charge in [0.15, 0.2) is 0 Å². The quantitative estimate of drug-likeness (QED) is 0.282. The standard InChI is InChI=1S/C35H36F3N3O5/c1-4-46-34(44)32-23(2)41(31(42)21-30(32)25-8-10-27(11-9-25)35(36,37)38)22-24-6-5-7-26(20-24)33(43)40-18-16-39(17-19-40)28-12-14-29(45-3)15-13-28/h5-15,20,30H,4,16-19,21-22H2,1-3H3. The maximum Gasteiger partial charge on any atom is 0.416 e. The zero-order chi connectivity index (χ0) is 33.0. The summed E-state index contributed by atoms with van der Waals surface area (Å²) in [7, 11) is 1.62. The minimum Gasteiger partial charge on any atom is -0.497 e. The van der Waals surface area contributed by atoms with Crippen LogP contribution in [0.4, 0.5) is 18.9 Å². The maximum absolute atomic E-state index is 13.5. The Morgan fingerprint density at radius 2 is 1.61 bits per heavy atom. The normalized spacial score (nSPS) is 17.3. The molecule has 2 aliphatic heterocycles. The van der Waals surface area contributed by atoms with Crippen molar-refractivity contribution in [2.75, 3.05) is 44.8 Å². The monoisotopic (exact) mass is 635 g/mol. The molecule has 8 nitrogen and oxygen atoms in total. The van der Waals surface area contributed by atoms with Crippen molar-refractivity contribution < 1.29 is 37.0 Å². The van der Waals surface area contributed by atoms with Crippen molar-refractivity contribution >= 4 is 23.5 Å². The Kier molecular flexibility index (Phi) is 9.69. The van der Waals surface area contributed by atoms with Crippen molar-refractivity contribution in [1.82, 2.24) is 9.80 Å². The minimum absolute atomic E-state index is 0.0990. The first kappa shape index (κ1) is 32.6. The van der Waals surface area contributed by atoms with E-state index >= 15 is 0 Å². The molecule has 2 heterocycles. The van der Waals surface area contributed by atoms with Gasteiger partial charge in [-0.3, -0.25) is 9.59 Å². The molecular formula is C35H36F3N3O5. The summed E-state index contributed by atoms with van der Waals surface area (Å²) >= 11 is 0. The zero-order valence-corrected chi connectivity index (χ0v) is 26.0. The van der Waals surface area contributed by atoms with E-state index < -0.39 is 23.6 Å². The number of esters is 1. The first-order valence-electron chi connectivity index (χ1n) is 15.1. The summed E-state index contributed by atoms with van der Waals surface area (Å²) in [5, 5.41) is 0. The summed E-state index contributed by atoms with van der Waals surface area (Å²) in [5.41, 5.74) is 2.46. The molecule has 3 aromatic rings. The van der Waals surface area contributed by atoms with Gasteiger partial charge in [-0.05, 0) is 73.5 Å². The fourth-order valence-corrected chi connectivity index (χ4v) is 5.99. The van der Waals surface area contributed by atoms with Gasteiger partial charge in [0.05, 0.1) is 31.4 Å². The van der Waals surface area contributed by atoms with E-state index in [2.05, 4.69) is 4.90 Å². The molecule has 0 N–H and O–H groups in total. The molecule has 1 unspecified atom stereocenters. The SMILES string of the molecule is CCOC(=O)C1=C(C)N(Cc2cccc(C(=O)N3CCN(c4ccc(OC)cc4)CC3)c2)C(=O)CC1c1ccc(C(F)(F)F)cc1. The second kappa shape index (κ2) is 13.7. The molecular weight excluding hydrogens is 599 g/mol. The number of hydrogen-bond acceptors (Lipinski definition) is 6. The van der Waals surface area contributed by atoms with Gasteiger partial charge in [-0.25, -0.2) is 4.79 Å². The number of alkyl halides is 3. The van der Waals surface area contributed by atoms with Gasteiger partial charge in [0.1, 0.15) is 5.75 Å². The molecule has 0 radical (unpaired) electrons. The van der Waals surface area contributed by atoms with Crippen molar-refractivity contribution in [3.63, 3.8) is 0 Å². The van der Waals surface area contributed by atoms with Gasteiger partial charge < -0.3 is 24.2 Å². The highest BCUT2D eigenvalue weighted by molar-refractivity contribution is 5.96. The van der Waals surface area contributed by atoms with Gasteiger partial charge in [0.2, 0.25) is 5.91 Å². The Bertz CT molecular complexity index is 1610. The fourth-order valence-electron chi connectivity index (χ4n) is 5.99. The van der Waals surface area contributed by atoms with Crippen LogP contribution in [-0.2, 0) is 27.0 Å². The van der Waals surface area contributed by atoms with E-state index in [0.717, 1.165) is 23.6 Å². The molecule has 1 saturated heterocycles. The van der Waals surface area contributed by atoms with Crippen LogP contribution in [0.5, 0.6) is 5.75 Å². The second-order valence-electron chi connectivity index (χ2n) is 11.3. The molecule has 0 aliphatic carbocycles. The largest absolute Gasteiger partial charge is 0.497 e. The van der Waals surface area contributed by atoms with Crippen molar-refractivity contribution in [3.05, 3.63) is 106 Å². The molecule has 1 atom stereocenters. The van der Waals surface area contributed by atoms with Gasteiger partial charge in [-0.15, -0.1) is 0 Å². The van der Waals surface area contributed by atoms with Crippen LogP contribution in [-0.4, -0.2) is 67.5 Å². The van der Waals surface area contributed by atoms with Crippen molar-refractivity contribution in [2.45, 2.75) is 38.9 Å². The number of rotatable bonds is 8. The minimum atomic E-state index is -4.50. The lowest BCUT2D eigenvalue weighted by Crippen LogP contribution is -2.48. The number of anilines is 1. The van der Waals surface area contributed by atoms with E-state index in [9.17, 15) is 27.6 Å². The number of allylic oxidation sites excluding steroid dienone is 1. The van der Waals surface area contributed by atoms with Crippen molar-refractivity contribution in [1.29, 1.82) is 0 Å². The Morgan fingerprint density at radius 1 is 0.935 bits per heavy atom. The van der Waals surface area contributed by atoms with Crippen LogP contribution in [0, 0.1) is 0 Å². The summed E-state index contributed by atoms with van der Waals surface area (Å²) in [6, 6.07) is 19.4. The molecule has 242 valence electrons. The average molecular weight is 636 g/mol. The lowest BCUT2D eigenvalue weighted by Gasteiger charge is -2.36. The lowest BCUT2D eigenvalue weighted by molar-refractivity contribution is -0.140. The molecule has 2 aliphatic rings. The van der Waals surface area contributed by atoms with Crippen LogP contribution in [0.1, 0.15) is 53.2 Å². The van der Waals surface area contributed by atoms with Crippen LogP contribution in [0.3, 0.4) is 0 Å². The topological polar surface area (TPSA) is 79.4 Å². The van der Waals surface area contributed by atoms with E-state index in [0.29, 0.717) is 48.6 Å². The van der Waals surface area contributed by atoms with Crippen LogP contribution >= 0.6 is 0 Å². The number of methoxy groups -OCH3 is 1. The smallest absolute Gasteiger partial charge is 0.416 e. The molecule has 0 saturated carbocycles. The number of ether oxygens (including phenoxy) is 2. The number of carbonyl (C=O) groups excluding carboxylic acids is 3. The number of halogens is 3. The van der Waals surface area contributed by atoms with Gasteiger partial charge in [0.25, 0.3) is 5.91 Å². The van der Waals surface area contributed by atoms with Crippen molar-refractivity contribution in [3.8, 4) is 5.75 Å². The molecule has 0 bridgehead atoms. The van der Waals surface area contributed by atoms with E-state index in [1.165, 1.54) is 17.0 Å². The zero-order valence-electron chi connectivity index (χ0n) is 26.0. The van der Waals surface area contributed by atoms with Gasteiger partial charge in [-0.1, -0.05) is 24.3 Å². The molecule has 2 amide bonds. The number of benzene rings is 3. The van der Waals surface area contributed by atoms with Gasteiger partial charge >= 0.3 is 12.1 Å². The van der Waals surface area contributed by atoms with Crippen molar-refractivity contribution in [2.24, 2.45) is 0 Å². The number of nitrogens with zero attached hydrogens (tertiary/aromatic N) is 3. The second-order valence-corrected chi connectivity index (χ2v) is 11.3. The van der Waals surface area contributed by atoms with Crippen LogP contribution in [0.2, 0.25) is 0 Å². The molecule has 3 aromatic carbocycles. The first-order valence-corrected chi connectivity index (χ1v) is 15.1. The Hall–Kier alpha value is -4.80. The molecule has 5 rings (SSSR count). The van der Waals surface area contributed by atoms with E-state index in [1.54, 1.807) is 39.2 Å². The number of piperazine rings is 1. The molecule has 1 fully saturated rings. The number of amides is 2. The highest BCUT2D eigenvalue weighted by Crippen LogP contribution is 2.39. The number of carbonyl (C=O) groups is 3. The van der Waals surface area contributed by atoms with E-state index in [4.69, 9.17) is 9.47 Å². The Labute approximate surface area is 266 Å².